The van der Waals surface area contributed by atoms with Gasteiger partial charge in [0.2, 0.25) is 11.8 Å². The molecular weight excluding hydrogens is 290 g/mol. The molecule has 3 N–H and O–H groups in total. The van der Waals surface area contributed by atoms with Crippen molar-refractivity contribution in [2.75, 3.05) is 18.4 Å². The first-order valence-corrected chi connectivity index (χ1v) is 8.33. The molecule has 2 amide bonds. The van der Waals surface area contributed by atoms with E-state index in [1.165, 1.54) is 0 Å². The number of anilines is 1. The Labute approximate surface area is 138 Å². The Hall–Kier alpha value is -1.88. The van der Waals surface area contributed by atoms with Crippen molar-refractivity contribution in [2.24, 2.45) is 11.7 Å². The van der Waals surface area contributed by atoms with Crippen LogP contribution < -0.4 is 11.1 Å². The number of nitrogens with zero attached hydrogens (tertiary/aromatic N) is 1. The Balaban J connectivity index is 1.97. The number of benzene rings is 1. The summed E-state index contributed by atoms with van der Waals surface area (Å²) < 4.78 is 0. The van der Waals surface area contributed by atoms with Crippen molar-refractivity contribution in [3.8, 4) is 0 Å². The molecule has 1 unspecified atom stereocenters. The van der Waals surface area contributed by atoms with Crippen LogP contribution in [0, 0.1) is 5.92 Å². The van der Waals surface area contributed by atoms with Crippen molar-refractivity contribution in [3.05, 3.63) is 29.8 Å². The number of likely N-dealkylation sites (tertiary alicyclic amines) is 1. The molecule has 1 aliphatic rings. The van der Waals surface area contributed by atoms with Crippen molar-refractivity contribution < 1.29 is 9.59 Å². The predicted octanol–water partition coefficient (Wildman–Crippen LogP) is 2.33. The topological polar surface area (TPSA) is 75.4 Å². The third kappa shape index (κ3) is 4.32. The van der Waals surface area contributed by atoms with Gasteiger partial charge in [0.15, 0.2) is 0 Å². The van der Waals surface area contributed by atoms with E-state index in [9.17, 15) is 9.59 Å². The maximum Gasteiger partial charge on any atom is 0.241 e. The number of nitrogens with one attached hydrogen (secondary N) is 1. The molecule has 126 valence electrons. The number of amides is 2. The SMILES string of the molecule is CC(C)c1ccccc1NC(=O)C(C)N1CCC(C(N)=O)CC1. The van der Waals surface area contributed by atoms with Gasteiger partial charge in [-0.3, -0.25) is 14.5 Å². The van der Waals surface area contributed by atoms with Gasteiger partial charge in [-0.1, -0.05) is 32.0 Å². The number of piperidine rings is 1. The van der Waals surface area contributed by atoms with Gasteiger partial charge in [0, 0.05) is 11.6 Å². The van der Waals surface area contributed by atoms with Gasteiger partial charge in [-0.2, -0.15) is 0 Å². The average Bonchev–Trinajstić information content (AvgIpc) is 2.54. The number of primary amides is 1. The molecule has 1 heterocycles. The summed E-state index contributed by atoms with van der Waals surface area (Å²) in [5.41, 5.74) is 7.38. The van der Waals surface area contributed by atoms with E-state index in [1.807, 2.05) is 31.2 Å². The first-order chi connectivity index (χ1) is 10.9. The van der Waals surface area contributed by atoms with Gasteiger partial charge >= 0.3 is 0 Å². The zero-order chi connectivity index (χ0) is 17.0. The third-order valence-corrected chi connectivity index (χ3v) is 4.70. The van der Waals surface area contributed by atoms with Crippen LogP contribution >= 0.6 is 0 Å². The molecule has 5 nitrogen and oxygen atoms in total. The molecule has 1 aromatic carbocycles. The quantitative estimate of drug-likeness (QED) is 0.875. The van der Waals surface area contributed by atoms with Gasteiger partial charge in [0.05, 0.1) is 6.04 Å². The van der Waals surface area contributed by atoms with E-state index in [-0.39, 0.29) is 23.8 Å². The first-order valence-electron chi connectivity index (χ1n) is 8.33. The van der Waals surface area contributed by atoms with Crippen molar-refractivity contribution in [1.82, 2.24) is 4.90 Å². The highest BCUT2D eigenvalue weighted by Crippen LogP contribution is 2.24. The maximum atomic E-state index is 12.6. The second-order valence-corrected chi connectivity index (χ2v) is 6.62. The fourth-order valence-electron chi connectivity index (χ4n) is 3.09. The maximum absolute atomic E-state index is 12.6. The van der Waals surface area contributed by atoms with Crippen LogP contribution in [0.25, 0.3) is 0 Å². The number of para-hydroxylation sites is 1. The Morgan fingerprint density at radius 3 is 2.35 bits per heavy atom. The summed E-state index contributed by atoms with van der Waals surface area (Å²) in [5, 5.41) is 3.05. The zero-order valence-corrected chi connectivity index (χ0v) is 14.2. The number of nitrogens with two attached hydrogens (primary N) is 1. The molecule has 0 bridgehead atoms. The number of hydrogen-bond acceptors (Lipinski definition) is 3. The summed E-state index contributed by atoms with van der Waals surface area (Å²) in [4.78, 5) is 25.9. The van der Waals surface area contributed by atoms with Gasteiger partial charge in [0.1, 0.15) is 0 Å². The van der Waals surface area contributed by atoms with Crippen molar-refractivity contribution in [1.29, 1.82) is 0 Å². The van der Waals surface area contributed by atoms with Crippen LogP contribution in [-0.4, -0.2) is 35.8 Å². The van der Waals surface area contributed by atoms with Crippen molar-refractivity contribution in [3.63, 3.8) is 0 Å². The average molecular weight is 317 g/mol. The van der Waals surface area contributed by atoms with Crippen molar-refractivity contribution >= 4 is 17.5 Å². The van der Waals surface area contributed by atoms with Crippen LogP contribution in [0.15, 0.2) is 24.3 Å². The molecule has 0 aliphatic carbocycles. The molecular formula is C18H27N3O2. The molecule has 0 spiro atoms. The van der Waals surface area contributed by atoms with E-state index >= 15 is 0 Å². The second kappa shape index (κ2) is 7.59. The highest BCUT2D eigenvalue weighted by molar-refractivity contribution is 5.95. The third-order valence-electron chi connectivity index (χ3n) is 4.70. The lowest BCUT2D eigenvalue weighted by Gasteiger charge is -2.34. The molecule has 0 radical (unpaired) electrons. The first kappa shape index (κ1) is 17.5. The van der Waals surface area contributed by atoms with Crippen LogP contribution in [0.4, 0.5) is 5.69 Å². The molecule has 1 atom stereocenters. The molecule has 0 saturated carbocycles. The Bertz CT molecular complexity index is 563. The number of carbonyl (C=O) groups excluding carboxylic acids is 2. The van der Waals surface area contributed by atoms with Crippen LogP contribution in [0.3, 0.4) is 0 Å². The van der Waals surface area contributed by atoms with Gasteiger partial charge in [-0.15, -0.1) is 0 Å². The molecule has 5 heteroatoms. The lowest BCUT2D eigenvalue weighted by molar-refractivity contribution is -0.124. The van der Waals surface area contributed by atoms with Crippen LogP contribution in [0.5, 0.6) is 0 Å². The summed E-state index contributed by atoms with van der Waals surface area (Å²) in [7, 11) is 0. The smallest absolute Gasteiger partial charge is 0.241 e. The molecule has 2 rings (SSSR count). The van der Waals surface area contributed by atoms with E-state index in [1.54, 1.807) is 0 Å². The molecule has 1 fully saturated rings. The zero-order valence-electron chi connectivity index (χ0n) is 14.2. The van der Waals surface area contributed by atoms with Gasteiger partial charge in [-0.05, 0) is 50.4 Å². The highest BCUT2D eigenvalue weighted by atomic mass is 16.2. The fourth-order valence-corrected chi connectivity index (χ4v) is 3.09. The fraction of sp³-hybridized carbons (Fsp3) is 0.556. The Morgan fingerprint density at radius 2 is 1.78 bits per heavy atom. The van der Waals surface area contributed by atoms with E-state index in [2.05, 4.69) is 24.1 Å². The van der Waals surface area contributed by atoms with Crippen molar-refractivity contribution in [2.45, 2.75) is 45.6 Å². The van der Waals surface area contributed by atoms with Crippen LogP contribution in [0.1, 0.15) is 45.1 Å². The number of carbonyl (C=O) groups is 2. The minimum atomic E-state index is -0.229. The molecule has 0 aromatic heterocycles. The van der Waals surface area contributed by atoms with Gasteiger partial charge in [-0.25, -0.2) is 0 Å². The second-order valence-electron chi connectivity index (χ2n) is 6.62. The summed E-state index contributed by atoms with van der Waals surface area (Å²) >= 11 is 0. The minimum absolute atomic E-state index is 0.00405. The van der Waals surface area contributed by atoms with Gasteiger partial charge in [0.25, 0.3) is 0 Å². The van der Waals surface area contributed by atoms with Gasteiger partial charge < -0.3 is 11.1 Å². The summed E-state index contributed by atoms with van der Waals surface area (Å²) in [6.45, 7) is 7.60. The monoisotopic (exact) mass is 317 g/mol. The lowest BCUT2D eigenvalue weighted by atomic mass is 9.95. The molecule has 1 saturated heterocycles. The largest absolute Gasteiger partial charge is 0.369 e. The summed E-state index contributed by atoms with van der Waals surface area (Å²) in [5.74, 6) is 0.0690. The molecule has 1 aliphatic heterocycles. The molecule has 1 aromatic rings. The van der Waals surface area contributed by atoms with E-state index in [0.717, 1.165) is 37.2 Å². The number of hydrogen-bond donors (Lipinski definition) is 2. The van der Waals surface area contributed by atoms with E-state index in [0.29, 0.717) is 5.92 Å². The summed E-state index contributed by atoms with van der Waals surface area (Å²) in [6, 6.07) is 7.69. The minimum Gasteiger partial charge on any atom is -0.369 e. The summed E-state index contributed by atoms with van der Waals surface area (Å²) in [6.07, 6.45) is 1.46. The standard InChI is InChI=1S/C18H27N3O2/c1-12(2)15-6-4-5-7-16(15)20-18(23)13(3)21-10-8-14(9-11-21)17(19)22/h4-7,12-14H,8-11H2,1-3H3,(H2,19,22)(H,20,23). The Morgan fingerprint density at radius 1 is 1.17 bits per heavy atom. The van der Waals surface area contributed by atoms with E-state index < -0.39 is 0 Å². The predicted molar refractivity (Wildman–Crippen MR) is 92.1 cm³/mol. The molecule has 23 heavy (non-hydrogen) atoms. The van der Waals surface area contributed by atoms with E-state index in [4.69, 9.17) is 5.73 Å². The number of rotatable bonds is 5. The van der Waals surface area contributed by atoms with Crippen LogP contribution in [-0.2, 0) is 9.59 Å². The van der Waals surface area contributed by atoms with Crippen LogP contribution in [0.2, 0.25) is 0 Å². The normalized spacial score (nSPS) is 17.9. The lowest BCUT2D eigenvalue weighted by Crippen LogP contribution is -2.47. The Kier molecular flexibility index (Phi) is 5.77. The highest BCUT2D eigenvalue weighted by Gasteiger charge is 2.29.